The fraction of sp³-hybridized carbons (Fsp3) is 0.364. The maximum atomic E-state index is 10.6. The van der Waals surface area contributed by atoms with Crippen LogP contribution in [0.5, 0.6) is 0 Å². The van der Waals surface area contributed by atoms with E-state index in [2.05, 4.69) is 0 Å². The summed E-state index contributed by atoms with van der Waals surface area (Å²) in [6.45, 7) is 1.96. The summed E-state index contributed by atoms with van der Waals surface area (Å²) < 4.78 is 0. The molecule has 1 rings (SSSR count). The van der Waals surface area contributed by atoms with Gasteiger partial charge in [-0.05, 0) is 31.2 Å². The van der Waals surface area contributed by atoms with Gasteiger partial charge in [0.05, 0.1) is 12.2 Å². The predicted molar refractivity (Wildman–Crippen MR) is 58.4 cm³/mol. The van der Waals surface area contributed by atoms with Crippen LogP contribution >= 0.6 is 0 Å². The van der Waals surface area contributed by atoms with Crippen LogP contribution in [0.25, 0.3) is 0 Å². The fourth-order valence-corrected chi connectivity index (χ4v) is 1.22. The van der Waals surface area contributed by atoms with Crippen molar-refractivity contribution in [2.45, 2.75) is 13.0 Å². The summed E-state index contributed by atoms with van der Waals surface area (Å²) in [6.07, 6.45) is 0. The number of nitrogens with zero attached hydrogens (tertiary/aromatic N) is 1. The van der Waals surface area contributed by atoms with E-state index in [-0.39, 0.29) is 18.2 Å². The largest absolute Gasteiger partial charge is 0.478 e. The van der Waals surface area contributed by atoms with Gasteiger partial charge in [0.1, 0.15) is 0 Å². The highest BCUT2D eigenvalue weighted by Gasteiger charge is 2.09. The van der Waals surface area contributed by atoms with Crippen molar-refractivity contribution in [1.29, 1.82) is 0 Å². The van der Waals surface area contributed by atoms with Gasteiger partial charge in [-0.3, -0.25) is 0 Å². The van der Waals surface area contributed by atoms with Crippen LogP contribution in [-0.2, 0) is 0 Å². The molecule has 0 aliphatic heterocycles. The molecule has 82 valence electrons. The van der Waals surface area contributed by atoms with Crippen LogP contribution in [0.3, 0.4) is 0 Å². The Morgan fingerprint density at radius 1 is 1.40 bits per heavy atom. The molecule has 0 aliphatic rings. The number of aromatic carboxylic acids is 1. The Labute approximate surface area is 88.8 Å². The van der Waals surface area contributed by atoms with Gasteiger partial charge < -0.3 is 15.1 Å². The zero-order chi connectivity index (χ0) is 11.4. The van der Waals surface area contributed by atoms with E-state index in [0.717, 1.165) is 5.69 Å². The highest BCUT2D eigenvalue weighted by atomic mass is 16.4. The summed E-state index contributed by atoms with van der Waals surface area (Å²) in [7, 11) is 1.86. The van der Waals surface area contributed by atoms with Crippen molar-refractivity contribution in [3.8, 4) is 0 Å². The number of benzene rings is 1. The van der Waals surface area contributed by atoms with Crippen LogP contribution in [0.15, 0.2) is 24.3 Å². The molecule has 1 aromatic rings. The average molecular weight is 209 g/mol. The number of carbonyl (C=O) groups is 1. The van der Waals surface area contributed by atoms with E-state index in [4.69, 9.17) is 10.2 Å². The smallest absolute Gasteiger partial charge is 0.335 e. The van der Waals surface area contributed by atoms with Crippen molar-refractivity contribution in [1.82, 2.24) is 0 Å². The normalized spacial score (nSPS) is 12.2. The van der Waals surface area contributed by atoms with Gasteiger partial charge >= 0.3 is 5.97 Å². The third-order valence-electron chi connectivity index (χ3n) is 2.45. The highest BCUT2D eigenvalue weighted by Crippen LogP contribution is 2.15. The van der Waals surface area contributed by atoms with Gasteiger partial charge in [-0.15, -0.1) is 0 Å². The third-order valence-corrected chi connectivity index (χ3v) is 2.45. The van der Waals surface area contributed by atoms with E-state index >= 15 is 0 Å². The minimum absolute atomic E-state index is 0.0145. The second-order valence-corrected chi connectivity index (χ2v) is 3.49. The number of hydrogen-bond acceptors (Lipinski definition) is 3. The lowest BCUT2D eigenvalue weighted by molar-refractivity contribution is 0.0697. The van der Waals surface area contributed by atoms with Crippen LogP contribution in [0.4, 0.5) is 5.69 Å². The topological polar surface area (TPSA) is 60.8 Å². The van der Waals surface area contributed by atoms with E-state index in [1.807, 2.05) is 18.9 Å². The number of carboxylic acids is 1. The molecular formula is C11H15NO3. The van der Waals surface area contributed by atoms with Gasteiger partial charge in [0.2, 0.25) is 0 Å². The Hall–Kier alpha value is -1.55. The molecule has 2 N–H and O–H groups in total. The van der Waals surface area contributed by atoms with E-state index in [1.165, 1.54) is 0 Å². The average Bonchev–Trinajstić information content (AvgIpc) is 2.27. The van der Waals surface area contributed by atoms with Gasteiger partial charge in [-0.1, -0.05) is 0 Å². The quantitative estimate of drug-likeness (QED) is 0.782. The molecule has 0 spiro atoms. The monoisotopic (exact) mass is 209 g/mol. The zero-order valence-electron chi connectivity index (χ0n) is 8.84. The molecule has 0 saturated heterocycles. The van der Waals surface area contributed by atoms with Crippen molar-refractivity contribution in [3.63, 3.8) is 0 Å². The van der Waals surface area contributed by atoms with Gasteiger partial charge in [-0.2, -0.15) is 0 Å². The summed E-state index contributed by atoms with van der Waals surface area (Å²) in [5, 5.41) is 17.7. The Bertz CT molecular complexity index is 334. The molecule has 0 fully saturated rings. The van der Waals surface area contributed by atoms with Crippen molar-refractivity contribution < 1.29 is 15.0 Å². The van der Waals surface area contributed by atoms with Gasteiger partial charge in [0, 0.05) is 18.8 Å². The Balaban J connectivity index is 2.84. The highest BCUT2D eigenvalue weighted by molar-refractivity contribution is 5.88. The van der Waals surface area contributed by atoms with Crippen molar-refractivity contribution in [2.75, 3.05) is 18.6 Å². The molecule has 15 heavy (non-hydrogen) atoms. The standard InChI is InChI=1S/C11H15NO3/c1-8(7-13)12(2)10-5-3-9(4-6-10)11(14)15/h3-6,8,13H,7H2,1-2H3,(H,14,15). The molecule has 0 heterocycles. The Morgan fingerprint density at radius 3 is 2.33 bits per heavy atom. The number of likely N-dealkylation sites (N-methyl/N-ethyl adjacent to an activating group) is 1. The van der Waals surface area contributed by atoms with Crippen LogP contribution in [-0.4, -0.2) is 35.9 Å². The third kappa shape index (κ3) is 2.70. The number of aliphatic hydroxyl groups excluding tert-OH is 1. The molecule has 1 aromatic carbocycles. The van der Waals surface area contributed by atoms with Crippen molar-refractivity contribution in [3.05, 3.63) is 29.8 Å². The Morgan fingerprint density at radius 2 is 1.93 bits per heavy atom. The SMILES string of the molecule is CC(CO)N(C)c1ccc(C(=O)O)cc1. The van der Waals surface area contributed by atoms with Gasteiger partial charge in [0.25, 0.3) is 0 Å². The maximum Gasteiger partial charge on any atom is 0.335 e. The number of hydrogen-bond donors (Lipinski definition) is 2. The van der Waals surface area contributed by atoms with E-state index in [0.29, 0.717) is 0 Å². The zero-order valence-corrected chi connectivity index (χ0v) is 8.84. The number of rotatable bonds is 4. The van der Waals surface area contributed by atoms with Crippen LogP contribution in [0, 0.1) is 0 Å². The summed E-state index contributed by atoms with van der Waals surface area (Å²) in [5.74, 6) is -0.931. The fourth-order valence-electron chi connectivity index (χ4n) is 1.22. The summed E-state index contributed by atoms with van der Waals surface area (Å²) in [5.41, 5.74) is 1.16. The van der Waals surface area contributed by atoms with Crippen molar-refractivity contribution >= 4 is 11.7 Å². The van der Waals surface area contributed by atoms with E-state index in [1.54, 1.807) is 24.3 Å². The second-order valence-electron chi connectivity index (χ2n) is 3.49. The molecule has 4 heteroatoms. The first-order valence-corrected chi connectivity index (χ1v) is 4.73. The van der Waals surface area contributed by atoms with Crippen LogP contribution in [0.1, 0.15) is 17.3 Å². The Kier molecular flexibility index (Phi) is 3.68. The number of anilines is 1. The first-order chi connectivity index (χ1) is 7.06. The minimum Gasteiger partial charge on any atom is -0.478 e. The number of carboxylic acid groups (broad SMARTS) is 1. The molecular weight excluding hydrogens is 194 g/mol. The van der Waals surface area contributed by atoms with Gasteiger partial charge in [-0.25, -0.2) is 4.79 Å². The summed E-state index contributed by atoms with van der Waals surface area (Å²) in [6, 6.07) is 6.59. The maximum absolute atomic E-state index is 10.6. The lowest BCUT2D eigenvalue weighted by Gasteiger charge is -2.25. The van der Waals surface area contributed by atoms with E-state index in [9.17, 15) is 4.79 Å². The first-order valence-electron chi connectivity index (χ1n) is 4.73. The summed E-state index contributed by atoms with van der Waals surface area (Å²) in [4.78, 5) is 12.5. The summed E-state index contributed by atoms with van der Waals surface area (Å²) >= 11 is 0. The molecule has 0 bridgehead atoms. The molecule has 0 aromatic heterocycles. The molecule has 0 radical (unpaired) electrons. The van der Waals surface area contributed by atoms with Crippen LogP contribution in [0.2, 0.25) is 0 Å². The molecule has 0 amide bonds. The van der Waals surface area contributed by atoms with Crippen molar-refractivity contribution in [2.24, 2.45) is 0 Å². The molecule has 4 nitrogen and oxygen atoms in total. The molecule has 1 atom stereocenters. The van der Waals surface area contributed by atoms with Gasteiger partial charge in [0.15, 0.2) is 0 Å². The first kappa shape index (κ1) is 11.5. The van der Waals surface area contributed by atoms with Crippen LogP contribution < -0.4 is 4.90 Å². The second kappa shape index (κ2) is 4.79. The molecule has 0 saturated carbocycles. The lowest BCUT2D eigenvalue weighted by atomic mass is 10.2. The predicted octanol–water partition coefficient (Wildman–Crippen LogP) is 1.20. The minimum atomic E-state index is -0.931. The van der Waals surface area contributed by atoms with E-state index < -0.39 is 5.97 Å². The molecule has 1 unspecified atom stereocenters. The number of aliphatic hydroxyl groups is 1. The lowest BCUT2D eigenvalue weighted by Crippen LogP contribution is -2.31. The molecule has 0 aliphatic carbocycles.